The Bertz CT molecular complexity index is 5530. The molecule has 0 radical (unpaired) electrons. The summed E-state index contributed by atoms with van der Waals surface area (Å²) >= 11 is 0. The predicted octanol–water partition coefficient (Wildman–Crippen LogP) is 12.3. The molecule has 6 N–H and O–H groups in total. The first-order valence-electron chi connectivity index (χ1n) is 46.7. The number of nitrogens with zero attached hydrogens (tertiary/aromatic N) is 2. The molecule has 726 valence electrons. The molecule has 19 rings (SSSR count). The van der Waals surface area contributed by atoms with Gasteiger partial charge in [-0.15, -0.1) is 0 Å². The van der Waals surface area contributed by atoms with Crippen molar-refractivity contribution in [2.24, 2.45) is 91.7 Å². The number of carbonyl (C=O) groups is 11. The number of hydrazine groups is 1. The Hall–Kier alpha value is -8.43. The van der Waals surface area contributed by atoms with Crippen molar-refractivity contribution in [3.63, 3.8) is 0 Å². The monoisotopic (exact) mass is 1900 g/mol. The Labute approximate surface area is 810 Å². The summed E-state index contributed by atoms with van der Waals surface area (Å²) in [6.45, 7) is 21.5. The van der Waals surface area contributed by atoms with E-state index in [2.05, 4.69) is 26.8 Å². The number of ketones is 6. The number of Topliss-reactive ketones (excluding diaryl/α,β-unsaturated/α-hetero) is 4. The SMILES string of the molecule is CC(=O)[C@H]1CC[C@H]2[C@@H]3C[C@H](C)C4=CC(=O)C=C[C@]4(C)[C@H]3[C@@H](O)C[C@]12C.CC1(C)O[C@@H]2C[C@H]3[C@@H]4CC[C@H]5CC(=O)CC[C@]5(C)[C@@]4(F)[C@@H](O)C[C@]3(C)[C@]2(C(=O)CO)O1.CCCC(=O)O[C@]1(C(=O)COC(C)=O)CC[C@H]2[C@@H]3C[C@H](F)C4=CC(=O)C=C[C@]4(C)[C@@]3(F)[C@@H](O)C[C@@]21C.CS(C)=O.O=C(O)c1cc(-c2ccc(F)cc2F)ccc1O.O=C1c2ccccc2CN2C(=O)c3ccccc3CN12.[H-].[Na+]. The van der Waals surface area contributed by atoms with Gasteiger partial charge in [0, 0.05) is 117 Å². The number of phenols is 1. The van der Waals surface area contributed by atoms with Gasteiger partial charge in [-0.05, 0) is 247 Å². The van der Waals surface area contributed by atoms with Gasteiger partial charge in [0.1, 0.15) is 53.0 Å². The van der Waals surface area contributed by atoms with Gasteiger partial charge in [-0.25, -0.2) is 36.8 Å². The third-order valence-electron chi connectivity index (χ3n) is 34.1. The van der Waals surface area contributed by atoms with Crippen molar-refractivity contribution in [2.45, 2.75) is 264 Å². The van der Waals surface area contributed by atoms with E-state index >= 15 is 13.2 Å². The van der Waals surface area contributed by atoms with Crippen molar-refractivity contribution >= 4 is 75.2 Å². The number of benzene rings is 4. The standard InChI is InChI=1S/C27H34F2O7.C24H35FO6.C22H30O3.C16H12N2O2.C13H8F2O3.C2H6OS.Na.H/c1-5-6-23(34)36-26(22(33)14-35-15(2)30)10-8-17-18-12-20(28)19-11-16(31)7-9-24(19,3)27(18,29)21(32)13-25(17,26)4;1-20(2)30-19-10-16-15-6-5-13-9-14(27)7-8-21(13,3)23(15,25)17(28)11-22(16,4)24(19,31-20)18(29)12-26;1-12-9-15-17-6-5-16(13(2)23)22(17,4)11-19(25)20(15)21(3)8-7-14(24)10-18(12)21;19-15-13-7-3-1-5-11(13)9-17-16(20)14-8-4-2-6-12(14)10-18(15)17;14-8-2-3-9(11(15)6-8)7-1-4-12(16)10(5-7)13(17)18;1-4(2)3;;/h7,9,11,17-18,20-21,32H,5-6,8,10,12-14H2,1-4H3;13,15-17,19,26,28H,5-12H2,1-4H3;7-8,10,12,15-17,19-20,25H,5-6,9,11H2,1-4H3;1-8H,9-10H2;1-6,16H,(H,17,18);1-2H3;;/q;;;;;;+1;-1/t17-,18-,20-,21-,24-,25-,26-,27-;13-,15-,16-,17-,19+,21-,22-,23-,24+;12-,15-,16+,17-,19-,20+,21-,22+;;;;;/m000...../s1. The number of aromatic hydroxyl groups is 1. The molecule has 15 aliphatic rings. The van der Waals surface area contributed by atoms with Crippen LogP contribution in [0.15, 0.2) is 133 Å². The molecular weight excluding hydrogens is 1780 g/mol. The first-order valence-corrected chi connectivity index (χ1v) is 48.7. The zero-order chi connectivity index (χ0) is 98.0. The van der Waals surface area contributed by atoms with Crippen LogP contribution in [0.4, 0.5) is 22.0 Å². The van der Waals surface area contributed by atoms with Crippen molar-refractivity contribution in [3.8, 4) is 16.9 Å². The van der Waals surface area contributed by atoms with E-state index in [4.69, 9.17) is 24.1 Å². The molecule has 10 saturated carbocycles. The van der Waals surface area contributed by atoms with Gasteiger partial charge >= 0.3 is 47.5 Å². The normalized spacial score (nSPS) is 37.8. The van der Waals surface area contributed by atoms with Crippen LogP contribution in [-0.4, -0.2) is 194 Å². The Kier molecular flexibility index (Phi) is 29.5. The third-order valence-corrected chi connectivity index (χ3v) is 34.1. The van der Waals surface area contributed by atoms with E-state index < -0.39 is 175 Å². The number of hydrogen-bond acceptors (Lipinski definition) is 21. The van der Waals surface area contributed by atoms with Gasteiger partial charge in [0.25, 0.3) is 11.8 Å². The fourth-order valence-corrected chi connectivity index (χ4v) is 28.3. The fourth-order valence-electron chi connectivity index (χ4n) is 28.3. The molecule has 0 spiro atoms. The van der Waals surface area contributed by atoms with Crippen LogP contribution in [0.5, 0.6) is 5.75 Å². The van der Waals surface area contributed by atoms with E-state index in [1.165, 1.54) is 36.8 Å². The number of aliphatic hydroxyl groups excluding tert-OH is 4. The number of esters is 2. The Morgan fingerprint density at radius 1 is 0.659 bits per heavy atom. The summed E-state index contributed by atoms with van der Waals surface area (Å²) in [6, 6.07) is 21.6. The summed E-state index contributed by atoms with van der Waals surface area (Å²) in [5.74, 6) is -7.49. The number of ether oxygens (including phenoxy) is 4. The number of carboxylic acids is 1. The number of carboxylic acid groups (broad SMARTS) is 1. The third kappa shape index (κ3) is 17.3. The number of amides is 2. The van der Waals surface area contributed by atoms with Gasteiger partial charge in [-0.1, -0.05) is 109 Å². The molecule has 31 heteroatoms. The van der Waals surface area contributed by atoms with Crippen LogP contribution >= 0.6 is 0 Å². The van der Waals surface area contributed by atoms with Gasteiger partial charge in [-0.2, -0.15) is 0 Å². The maximum Gasteiger partial charge on any atom is 1.00 e. The van der Waals surface area contributed by atoms with E-state index in [-0.39, 0.29) is 155 Å². The maximum absolute atomic E-state index is 17.2. The fraction of sp³-hybridized carbons (Fsp3) is 0.587. The minimum Gasteiger partial charge on any atom is -1.00 e. The molecular formula is C104H126F5N2NaO22S. The van der Waals surface area contributed by atoms with Crippen LogP contribution in [0.1, 0.15) is 236 Å². The van der Waals surface area contributed by atoms with Gasteiger partial charge < -0.3 is 51.0 Å². The molecule has 4 aromatic rings. The quantitative estimate of drug-likeness (QED) is 0.0461. The topological polar surface area (TPSA) is 370 Å². The van der Waals surface area contributed by atoms with E-state index in [0.717, 1.165) is 68.0 Å². The summed E-state index contributed by atoms with van der Waals surface area (Å²) in [4.78, 5) is 135. The molecule has 11 fully saturated rings. The Balaban J connectivity index is 0.000000154. The number of halogens is 5. The zero-order valence-electron chi connectivity index (χ0n) is 80.5. The molecule has 0 unspecified atom stereocenters. The van der Waals surface area contributed by atoms with Crippen molar-refractivity contribution in [1.82, 2.24) is 10.0 Å². The number of rotatable bonds is 11. The second-order valence-electron chi connectivity index (χ2n) is 41.9. The molecule has 0 aromatic heterocycles. The summed E-state index contributed by atoms with van der Waals surface area (Å²) < 4.78 is 109. The average Bonchev–Trinajstić information content (AvgIpc) is 1.41. The second-order valence-corrected chi connectivity index (χ2v) is 43.4. The van der Waals surface area contributed by atoms with Gasteiger partial charge in [0.15, 0.2) is 46.6 Å². The van der Waals surface area contributed by atoms with Crippen LogP contribution < -0.4 is 29.6 Å². The number of carbonyl (C=O) groups excluding carboxylic acids is 10. The van der Waals surface area contributed by atoms with E-state index in [0.29, 0.717) is 93.0 Å². The van der Waals surface area contributed by atoms with Gasteiger partial charge in [-0.3, -0.25) is 52.2 Å². The molecule has 1 saturated heterocycles. The van der Waals surface area contributed by atoms with Crippen LogP contribution in [0.2, 0.25) is 0 Å². The largest absolute Gasteiger partial charge is 1.00 e. The number of fused-ring (bicyclic) bond motifs is 20. The Morgan fingerprint density at radius 2 is 1.25 bits per heavy atom. The molecule has 0 bridgehead atoms. The van der Waals surface area contributed by atoms with Crippen molar-refractivity contribution < 1.29 is 159 Å². The van der Waals surface area contributed by atoms with Crippen LogP contribution in [0.25, 0.3) is 11.1 Å². The van der Waals surface area contributed by atoms with Gasteiger partial charge in [0.05, 0.1) is 37.5 Å². The van der Waals surface area contributed by atoms with Crippen molar-refractivity contribution in [1.29, 1.82) is 0 Å². The van der Waals surface area contributed by atoms with Crippen LogP contribution in [-0.2, 0) is 81.2 Å². The second kappa shape index (κ2) is 38.3. The first-order chi connectivity index (χ1) is 62.8. The number of alkyl halides is 3. The Morgan fingerprint density at radius 3 is 1.84 bits per heavy atom. The van der Waals surface area contributed by atoms with Crippen LogP contribution in [0.3, 0.4) is 0 Å². The molecule has 25 atom stereocenters. The number of aromatic carboxylic acids is 1. The molecule has 3 heterocycles. The van der Waals surface area contributed by atoms with Crippen molar-refractivity contribution in [3.05, 3.63) is 172 Å². The minimum atomic E-state index is -2.30. The number of hydrogen-bond donors (Lipinski definition) is 6. The molecule has 12 aliphatic carbocycles. The van der Waals surface area contributed by atoms with Crippen LogP contribution in [0, 0.1) is 103 Å². The van der Waals surface area contributed by atoms with E-state index in [1.807, 2.05) is 68.5 Å². The molecule has 2 amide bonds. The van der Waals surface area contributed by atoms with E-state index in [9.17, 15) is 91.3 Å². The zero-order valence-corrected chi connectivity index (χ0v) is 82.3. The van der Waals surface area contributed by atoms with E-state index in [1.54, 1.807) is 63.2 Å². The van der Waals surface area contributed by atoms with Crippen molar-refractivity contribution in [2.75, 3.05) is 25.7 Å². The molecule has 4 aromatic carbocycles. The number of allylic oxidation sites excluding steroid dienone is 8. The first kappa shape index (κ1) is 104. The smallest absolute Gasteiger partial charge is 1.00 e. The molecule has 24 nitrogen and oxygen atoms in total. The number of aliphatic hydroxyl groups is 4. The molecule has 3 aliphatic heterocycles. The summed E-state index contributed by atoms with van der Waals surface area (Å²) in [5.41, 5.74) is -7.56. The van der Waals surface area contributed by atoms with Gasteiger partial charge in [0.2, 0.25) is 5.78 Å². The predicted molar refractivity (Wildman–Crippen MR) is 484 cm³/mol. The molecule has 135 heavy (non-hydrogen) atoms. The summed E-state index contributed by atoms with van der Waals surface area (Å²) in [6.07, 6.45) is 14.2. The average molecular weight is 1910 g/mol. The maximum atomic E-state index is 17.2. The summed E-state index contributed by atoms with van der Waals surface area (Å²) in [5, 5.41) is 65.2. The summed E-state index contributed by atoms with van der Waals surface area (Å²) in [7, 11) is -0.611. The minimum absolute atomic E-state index is 0.